The zero-order chi connectivity index (χ0) is 22.7. The maximum atomic E-state index is 14.9. The van der Waals surface area contributed by atoms with Gasteiger partial charge in [-0.15, -0.1) is 5.10 Å². The van der Waals surface area contributed by atoms with Crippen molar-refractivity contribution in [3.63, 3.8) is 0 Å². The second-order valence-electron chi connectivity index (χ2n) is 6.61. The van der Waals surface area contributed by atoms with Crippen molar-refractivity contribution in [2.75, 3.05) is 12.4 Å². The minimum absolute atomic E-state index is 0.0193. The summed E-state index contributed by atoms with van der Waals surface area (Å²) < 4.78 is 21.3. The largest absolute Gasteiger partial charge is 0.496 e. The monoisotopic (exact) mass is 464 g/mol. The van der Waals surface area contributed by atoms with Crippen molar-refractivity contribution in [2.45, 2.75) is 26.8 Å². The van der Waals surface area contributed by atoms with Crippen molar-refractivity contribution in [3.8, 4) is 16.9 Å². The molecule has 0 unspecified atom stereocenters. The maximum Gasteiger partial charge on any atom is 0.326 e. The topological polar surface area (TPSA) is 103 Å². The van der Waals surface area contributed by atoms with E-state index in [1.807, 2.05) is 0 Å². The number of methoxy groups -OCH3 is 1. The summed E-state index contributed by atoms with van der Waals surface area (Å²) in [6.07, 6.45) is 1.45. The van der Waals surface area contributed by atoms with Crippen LogP contribution < -0.4 is 14.9 Å². The van der Waals surface area contributed by atoms with Crippen LogP contribution in [0.15, 0.2) is 29.2 Å². The molecular weight excluding hydrogens is 447 g/mol. The summed E-state index contributed by atoms with van der Waals surface area (Å²) in [4.78, 5) is 39.8. The molecule has 2 heterocycles. The second-order valence-corrected chi connectivity index (χ2v) is 7.96. The van der Waals surface area contributed by atoms with Crippen molar-refractivity contribution < 1.29 is 18.7 Å². The van der Waals surface area contributed by atoms with E-state index >= 15 is 0 Å². The van der Waals surface area contributed by atoms with Gasteiger partial charge >= 0.3 is 4.87 Å². The number of anilines is 1. The predicted molar refractivity (Wildman–Crippen MR) is 116 cm³/mol. The molecule has 0 spiro atoms. The molecular formula is C20H18ClFN4O4S. The molecule has 0 atom stereocenters. The summed E-state index contributed by atoms with van der Waals surface area (Å²) in [5.74, 6) is -1.27. The number of aryl methyl sites for hydroxylation is 2. The number of aromatic nitrogens is 3. The van der Waals surface area contributed by atoms with E-state index in [2.05, 4.69) is 15.4 Å². The molecule has 1 amide bonds. The first-order valence-corrected chi connectivity index (χ1v) is 10.3. The molecule has 0 radical (unpaired) electrons. The van der Waals surface area contributed by atoms with Gasteiger partial charge in [0, 0.05) is 23.9 Å². The van der Waals surface area contributed by atoms with Crippen molar-refractivity contribution >= 4 is 39.8 Å². The highest BCUT2D eigenvalue weighted by Gasteiger charge is 2.23. The summed E-state index contributed by atoms with van der Waals surface area (Å²) in [5.41, 5.74) is 0.838. The van der Waals surface area contributed by atoms with Gasteiger partial charge in [0.05, 0.1) is 29.8 Å². The van der Waals surface area contributed by atoms with E-state index in [1.165, 1.54) is 32.4 Å². The van der Waals surface area contributed by atoms with Gasteiger partial charge in [-0.3, -0.25) is 24.7 Å². The number of Topliss-reactive ketones (excluding diaryl/α,β-unsaturated/α-hetero) is 1. The Balaban J connectivity index is 2.00. The molecule has 0 saturated heterocycles. The average molecular weight is 465 g/mol. The van der Waals surface area contributed by atoms with Crippen LogP contribution in [0.1, 0.15) is 29.4 Å². The normalized spacial score (nSPS) is 10.7. The minimum Gasteiger partial charge on any atom is -0.496 e. The highest BCUT2D eigenvalue weighted by Crippen LogP contribution is 2.38. The lowest BCUT2D eigenvalue weighted by Crippen LogP contribution is -2.17. The van der Waals surface area contributed by atoms with E-state index in [1.54, 1.807) is 13.0 Å². The van der Waals surface area contributed by atoms with E-state index < -0.39 is 16.6 Å². The second kappa shape index (κ2) is 9.36. The third kappa shape index (κ3) is 4.97. The lowest BCUT2D eigenvalue weighted by molar-refractivity contribution is -0.117. The summed E-state index contributed by atoms with van der Waals surface area (Å²) in [6.45, 7) is 3.22. The number of hydrogen-bond acceptors (Lipinski definition) is 7. The SMILES string of the molecule is COc1ccc(Cl)c(F)c1-c1cc(C)ncc1C(=O)Nc1nn(CCC(C)=O)c(=O)s1. The lowest BCUT2D eigenvalue weighted by atomic mass is 9.98. The number of carbonyl (C=O) groups excluding carboxylic acids is 2. The summed E-state index contributed by atoms with van der Waals surface area (Å²) in [7, 11) is 1.38. The fourth-order valence-electron chi connectivity index (χ4n) is 2.83. The van der Waals surface area contributed by atoms with Gasteiger partial charge in [0.1, 0.15) is 11.5 Å². The highest BCUT2D eigenvalue weighted by molar-refractivity contribution is 7.13. The minimum atomic E-state index is -0.737. The number of ketones is 1. The number of hydrogen-bond donors (Lipinski definition) is 1. The fraction of sp³-hybridized carbons (Fsp3) is 0.250. The summed E-state index contributed by atoms with van der Waals surface area (Å²) in [6, 6.07) is 4.40. The van der Waals surface area contributed by atoms with Crippen LogP contribution in [0.25, 0.3) is 11.1 Å². The molecule has 162 valence electrons. The molecule has 3 aromatic rings. The number of nitrogens with one attached hydrogen (secondary N) is 1. The van der Waals surface area contributed by atoms with Crippen LogP contribution in [-0.4, -0.2) is 33.6 Å². The van der Waals surface area contributed by atoms with Gasteiger partial charge < -0.3 is 4.74 Å². The highest BCUT2D eigenvalue weighted by atomic mass is 35.5. The Morgan fingerprint density at radius 3 is 2.77 bits per heavy atom. The van der Waals surface area contributed by atoms with Crippen molar-refractivity contribution in [1.82, 2.24) is 14.8 Å². The number of rotatable bonds is 7. The van der Waals surface area contributed by atoms with E-state index in [-0.39, 0.29) is 51.3 Å². The molecule has 0 aliphatic rings. The first-order chi connectivity index (χ1) is 14.7. The molecule has 0 bridgehead atoms. The Morgan fingerprint density at radius 1 is 1.35 bits per heavy atom. The molecule has 3 rings (SSSR count). The number of benzene rings is 1. The molecule has 0 aliphatic carbocycles. The maximum absolute atomic E-state index is 14.9. The van der Waals surface area contributed by atoms with E-state index in [0.29, 0.717) is 5.69 Å². The molecule has 11 heteroatoms. The first kappa shape index (κ1) is 22.6. The lowest BCUT2D eigenvalue weighted by Gasteiger charge is -2.14. The Hall–Kier alpha value is -3.11. The van der Waals surface area contributed by atoms with Crippen molar-refractivity contribution in [1.29, 1.82) is 0 Å². The molecule has 0 fully saturated rings. The van der Waals surface area contributed by atoms with Gasteiger partial charge in [0.25, 0.3) is 5.91 Å². The van der Waals surface area contributed by atoms with Gasteiger partial charge in [-0.25, -0.2) is 9.07 Å². The molecule has 2 aromatic heterocycles. The molecule has 8 nitrogen and oxygen atoms in total. The van der Waals surface area contributed by atoms with Gasteiger partial charge in [0.2, 0.25) is 5.13 Å². The number of ether oxygens (including phenoxy) is 1. The molecule has 0 saturated carbocycles. The molecule has 1 N–H and O–H groups in total. The van der Waals surface area contributed by atoms with Crippen LogP contribution in [0.5, 0.6) is 5.75 Å². The number of halogens is 2. The summed E-state index contributed by atoms with van der Waals surface area (Å²) >= 11 is 6.67. The van der Waals surface area contributed by atoms with Gasteiger partial charge in [-0.1, -0.05) is 11.6 Å². The van der Waals surface area contributed by atoms with Gasteiger partial charge in [-0.2, -0.15) is 0 Å². The van der Waals surface area contributed by atoms with Gasteiger partial charge in [-0.05, 0) is 43.4 Å². The van der Waals surface area contributed by atoms with E-state index in [9.17, 15) is 18.8 Å². The fourth-order valence-corrected chi connectivity index (χ4v) is 3.67. The zero-order valence-corrected chi connectivity index (χ0v) is 18.4. The standard InChI is InChI=1S/C20H18ClFN4O4S/c1-10-8-12(16-15(30-3)5-4-14(21)17(16)22)13(9-23-10)18(28)24-19-25-26(20(29)31-19)7-6-11(2)27/h4-5,8-9H,6-7H2,1-3H3,(H,24,25,28). The van der Waals surface area contributed by atoms with Crippen molar-refractivity contribution in [3.05, 3.63) is 56.2 Å². The Labute approximate surface area is 185 Å². The number of amides is 1. The average Bonchev–Trinajstić information content (AvgIpc) is 3.07. The predicted octanol–water partition coefficient (Wildman–Crippen LogP) is 3.71. The number of nitrogens with zero attached hydrogens (tertiary/aromatic N) is 3. The van der Waals surface area contributed by atoms with Crippen molar-refractivity contribution in [2.24, 2.45) is 0 Å². The first-order valence-electron chi connectivity index (χ1n) is 9.09. The van der Waals surface area contributed by atoms with Crippen LogP contribution in [0, 0.1) is 12.7 Å². The molecule has 0 aliphatic heterocycles. The quantitative estimate of drug-likeness (QED) is 0.571. The Morgan fingerprint density at radius 2 is 2.10 bits per heavy atom. The van der Waals surface area contributed by atoms with Crippen LogP contribution in [0.3, 0.4) is 0 Å². The van der Waals surface area contributed by atoms with Gasteiger partial charge in [0.15, 0.2) is 5.82 Å². The van der Waals surface area contributed by atoms with Crippen LogP contribution in [0.4, 0.5) is 9.52 Å². The van der Waals surface area contributed by atoms with Crippen LogP contribution >= 0.6 is 22.9 Å². The Bertz CT molecular complexity index is 1220. The van der Waals surface area contributed by atoms with Crippen LogP contribution in [0.2, 0.25) is 5.02 Å². The Kier molecular flexibility index (Phi) is 6.81. The third-order valence-corrected chi connectivity index (χ3v) is 5.39. The third-order valence-electron chi connectivity index (χ3n) is 4.33. The molecule has 31 heavy (non-hydrogen) atoms. The van der Waals surface area contributed by atoms with E-state index in [0.717, 1.165) is 16.0 Å². The van der Waals surface area contributed by atoms with E-state index in [4.69, 9.17) is 16.3 Å². The number of pyridine rings is 1. The zero-order valence-electron chi connectivity index (χ0n) is 16.9. The molecule has 1 aromatic carbocycles. The summed E-state index contributed by atoms with van der Waals surface area (Å²) in [5, 5.41) is 6.48. The number of carbonyl (C=O) groups is 2. The smallest absolute Gasteiger partial charge is 0.326 e. The van der Waals surface area contributed by atoms with Crippen LogP contribution in [-0.2, 0) is 11.3 Å².